The highest BCUT2D eigenvalue weighted by molar-refractivity contribution is 5.78. The van der Waals surface area contributed by atoms with Crippen molar-refractivity contribution in [2.24, 2.45) is 0 Å². The van der Waals surface area contributed by atoms with Gasteiger partial charge >= 0.3 is 0 Å². The van der Waals surface area contributed by atoms with Crippen LogP contribution in [0.15, 0.2) is 42.5 Å². The Morgan fingerprint density at radius 1 is 0.857 bits per heavy atom. The lowest BCUT2D eigenvalue weighted by molar-refractivity contribution is -0.131. The molecule has 1 heterocycles. The molecule has 0 radical (unpaired) electrons. The first-order valence-corrected chi connectivity index (χ1v) is 9.49. The fourth-order valence-electron chi connectivity index (χ4n) is 3.17. The van der Waals surface area contributed by atoms with Crippen LogP contribution in [-0.2, 0) is 17.9 Å². The summed E-state index contributed by atoms with van der Waals surface area (Å²) in [7, 11) is 7.83. The van der Waals surface area contributed by atoms with Crippen LogP contribution in [0.4, 0.5) is 5.69 Å². The number of benzene rings is 2. The van der Waals surface area contributed by atoms with Crippen LogP contribution in [0, 0.1) is 0 Å². The van der Waals surface area contributed by atoms with E-state index in [1.807, 2.05) is 51.3 Å². The Bertz CT molecular complexity index is 805. The highest BCUT2D eigenvalue weighted by Crippen LogP contribution is 2.31. The van der Waals surface area contributed by atoms with Crippen LogP contribution in [0.1, 0.15) is 11.1 Å². The van der Waals surface area contributed by atoms with E-state index in [0.29, 0.717) is 32.8 Å². The maximum atomic E-state index is 12.6. The van der Waals surface area contributed by atoms with Crippen molar-refractivity contribution >= 4 is 11.6 Å². The van der Waals surface area contributed by atoms with E-state index in [2.05, 4.69) is 29.2 Å². The molecule has 6 heteroatoms. The summed E-state index contributed by atoms with van der Waals surface area (Å²) in [5.74, 6) is 1.66. The van der Waals surface area contributed by atoms with Gasteiger partial charge in [-0.1, -0.05) is 18.2 Å². The second-order valence-corrected chi connectivity index (χ2v) is 7.46. The summed E-state index contributed by atoms with van der Waals surface area (Å²) < 4.78 is 11.2. The molecule has 1 amide bonds. The van der Waals surface area contributed by atoms with Gasteiger partial charge in [0.25, 0.3) is 0 Å². The molecule has 0 spiro atoms. The van der Waals surface area contributed by atoms with Gasteiger partial charge in [-0.2, -0.15) is 0 Å². The van der Waals surface area contributed by atoms with Crippen LogP contribution in [0.5, 0.6) is 11.5 Å². The van der Waals surface area contributed by atoms with Crippen LogP contribution in [-0.4, -0.2) is 63.7 Å². The summed E-state index contributed by atoms with van der Waals surface area (Å²) in [5, 5.41) is 0. The van der Waals surface area contributed by atoms with Gasteiger partial charge in [-0.15, -0.1) is 0 Å². The molecule has 3 rings (SSSR count). The fraction of sp³-hybridized carbons (Fsp3) is 0.409. The van der Waals surface area contributed by atoms with Gasteiger partial charge in [0.1, 0.15) is 13.2 Å². The normalized spacial score (nSPS) is 12.8. The molecule has 0 aromatic heterocycles. The summed E-state index contributed by atoms with van der Waals surface area (Å²) in [6, 6.07) is 14.2. The average molecular weight is 383 g/mol. The van der Waals surface area contributed by atoms with Gasteiger partial charge < -0.3 is 19.3 Å². The van der Waals surface area contributed by atoms with E-state index in [-0.39, 0.29) is 5.91 Å². The Labute approximate surface area is 167 Å². The summed E-state index contributed by atoms with van der Waals surface area (Å²) in [5.41, 5.74) is 3.37. The number of hydrogen-bond acceptors (Lipinski definition) is 5. The lowest BCUT2D eigenvalue weighted by Gasteiger charge is -2.23. The highest BCUT2D eigenvalue weighted by atomic mass is 16.6. The van der Waals surface area contributed by atoms with Gasteiger partial charge in [-0.25, -0.2) is 0 Å². The second kappa shape index (κ2) is 8.97. The Hall–Kier alpha value is -2.73. The van der Waals surface area contributed by atoms with Crippen molar-refractivity contribution < 1.29 is 14.3 Å². The highest BCUT2D eigenvalue weighted by Gasteiger charge is 2.15. The van der Waals surface area contributed by atoms with Crippen LogP contribution >= 0.6 is 0 Å². The van der Waals surface area contributed by atoms with Gasteiger partial charge in [0, 0.05) is 39.9 Å². The molecule has 150 valence electrons. The Morgan fingerprint density at radius 3 is 2.18 bits per heavy atom. The van der Waals surface area contributed by atoms with Gasteiger partial charge in [0.15, 0.2) is 11.5 Å². The zero-order valence-corrected chi connectivity index (χ0v) is 17.1. The molecule has 0 N–H and O–H groups in total. The van der Waals surface area contributed by atoms with Crippen molar-refractivity contribution in [3.63, 3.8) is 0 Å². The van der Waals surface area contributed by atoms with Crippen LogP contribution in [0.3, 0.4) is 0 Å². The molecular formula is C22H29N3O3. The second-order valence-electron chi connectivity index (χ2n) is 7.46. The minimum atomic E-state index is 0.0942. The first kappa shape index (κ1) is 20.0. The van der Waals surface area contributed by atoms with E-state index < -0.39 is 0 Å². The number of likely N-dealkylation sites (N-methyl/N-ethyl adjacent to an activating group) is 2. The van der Waals surface area contributed by atoms with E-state index in [1.165, 1.54) is 0 Å². The smallest absolute Gasteiger partial charge is 0.236 e. The largest absolute Gasteiger partial charge is 0.486 e. The standard InChI is InChI=1S/C22H29N3O3/c1-23(2)19-8-5-17(6-9-19)15-25(4)22(26)16-24(3)14-18-7-10-20-21(13-18)28-12-11-27-20/h5-10,13H,11-12,14-16H2,1-4H3. The molecule has 0 atom stereocenters. The monoisotopic (exact) mass is 383 g/mol. The predicted molar refractivity (Wildman–Crippen MR) is 111 cm³/mol. The number of amides is 1. The number of fused-ring (bicyclic) bond motifs is 1. The van der Waals surface area contributed by atoms with E-state index in [9.17, 15) is 4.79 Å². The molecule has 1 aliphatic rings. The summed E-state index contributed by atoms with van der Waals surface area (Å²) in [6.07, 6.45) is 0. The molecule has 2 aromatic rings. The van der Waals surface area contributed by atoms with Crippen molar-refractivity contribution in [1.82, 2.24) is 9.80 Å². The zero-order valence-electron chi connectivity index (χ0n) is 17.1. The topological polar surface area (TPSA) is 45.3 Å². The number of ether oxygens (including phenoxy) is 2. The lowest BCUT2D eigenvalue weighted by atomic mass is 10.1. The first-order chi connectivity index (χ1) is 13.4. The van der Waals surface area contributed by atoms with Crippen LogP contribution in [0.2, 0.25) is 0 Å². The van der Waals surface area contributed by atoms with E-state index in [4.69, 9.17) is 9.47 Å². The van der Waals surface area contributed by atoms with E-state index >= 15 is 0 Å². The predicted octanol–water partition coefficient (Wildman–Crippen LogP) is 2.61. The molecular weight excluding hydrogens is 354 g/mol. The molecule has 0 bridgehead atoms. The molecule has 0 saturated carbocycles. The van der Waals surface area contributed by atoms with E-state index in [0.717, 1.165) is 28.3 Å². The van der Waals surface area contributed by atoms with Crippen molar-refractivity contribution in [3.8, 4) is 11.5 Å². The lowest BCUT2D eigenvalue weighted by Crippen LogP contribution is -2.36. The number of anilines is 1. The Kier molecular flexibility index (Phi) is 6.41. The maximum Gasteiger partial charge on any atom is 0.236 e. The summed E-state index contributed by atoms with van der Waals surface area (Å²) in [4.78, 5) is 18.4. The number of nitrogens with zero attached hydrogens (tertiary/aromatic N) is 3. The van der Waals surface area contributed by atoms with Crippen LogP contribution in [0.25, 0.3) is 0 Å². The molecule has 1 aliphatic heterocycles. The minimum Gasteiger partial charge on any atom is -0.486 e. The minimum absolute atomic E-state index is 0.0942. The van der Waals surface area contributed by atoms with Crippen molar-refractivity contribution in [2.75, 3.05) is 52.8 Å². The average Bonchev–Trinajstić information content (AvgIpc) is 2.68. The van der Waals surface area contributed by atoms with Crippen molar-refractivity contribution in [3.05, 3.63) is 53.6 Å². The molecule has 0 saturated heterocycles. The third-order valence-corrected chi connectivity index (χ3v) is 4.76. The van der Waals surface area contributed by atoms with Gasteiger partial charge in [0.2, 0.25) is 5.91 Å². The quantitative estimate of drug-likeness (QED) is 0.736. The van der Waals surface area contributed by atoms with E-state index in [1.54, 1.807) is 4.90 Å². The third-order valence-electron chi connectivity index (χ3n) is 4.76. The zero-order chi connectivity index (χ0) is 20.1. The van der Waals surface area contributed by atoms with Crippen molar-refractivity contribution in [2.45, 2.75) is 13.1 Å². The molecule has 6 nitrogen and oxygen atoms in total. The number of carbonyl (C=O) groups is 1. The molecule has 0 aliphatic carbocycles. The molecule has 0 fully saturated rings. The van der Waals surface area contributed by atoms with Gasteiger partial charge in [0.05, 0.1) is 6.54 Å². The SMILES string of the molecule is CN(CC(=O)N(C)Cc1ccc(N(C)C)cc1)Cc1ccc2c(c1)OCCO2. The van der Waals surface area contributed by atoms with Crippen LogP contribution < -0.4 is 14.4 Å². The van der Waals surface area contributed by atoms with Gasteiger partial charge in [-0.05, 0) is 42.4 Å². The first-order valence-electron chi connectivity index (χ1n) is 9.49. The molecule has 28 heavy (non-hydrogen) atoms. The summed E-state index contributed by atoms with van der Waals surface area (Å²) >= 11 is 0. The number of hydrogen-bond donors (Lipinski definition) is 0. The fourth-order valence-corrected chi connectivity index (χ4v) is 3.17. The van der Waals surface area contributed by atoms with Crippen molar-refractivity contribution in [1.29, 1.82) is 0 Å². The maximum absolute atomic E-state index is 12.6. The Morgan fingerprint density at radius 2 is 1.50 bits per heavy atom. The number of rotatable bonds is 7. The number of carbonyl (C=O) groups excluding carboxylic acids is 1. The third kappa shape index (κ3) is 5.16. The Balaban J connectivity index is 1.51. The molecule has 2 aromatic carbocycles. The van der Waals surface area contributed by atoms with Gasteiger partial charge in [-0.3, -0.25) is 9.69 Å². The summed E-state index contributed by atoms with van der Waals surface area (Å²) in [6.45, 7) is 2.80. The molecule has 0 unspecified atom stereocenters.